The summed E-state index contributed by atoms with van der Waals surface area (Å²) in [5.41, 5.74) is 1.15. The second-order valence-corrected chi connectivity index (χ2v) is 11.7. The number of hydrogen-bond acceptors (Lipinski definition) is 7. The molecule has 0 unspecified atom stereocenters. The number of Topliss-reactive ketones (excluding diaryl/α,β-unsaturated/α-hetero) is 1. The van der Waals surface area contributed by atoms with Crippen molar-refractivity contribution in [3.05, 3.63) is 41.2 Å². The van der Waals surface area contributed by atoms with Crippen LogP contribution in [0.25, 0.3) is 0 Å². The fourth-order valence-electron chi connectivity index (χ4n) is 4.78. The molecule has 1 saturated heterocycles. The van der Waals surface area contributed by atoms with E-state index in [2.05, 4.69) is 15.3 Å². The summed E-state index contributed by atoms with van der Waals surface area (Å²) < 4.78 is 84.5. The largest absolute Gasteiger partial charge is 0.381 e. The van der Waals surface area contributed by atoms with E-state index in [4.69, 9.17) is 4.74 Å². The predicted octanol–water partition coefficient (Wildman–Crippen LogP) is 4.78. The van der Waals surface area contributed by atoms with Crippen molar-refractivity contribution in [2.75, 3.05) is 24.8 Å². The van der Waals surface area contributed by atoms with Crippen molar-refractivity contribution >= 4 is 38.4 Å². The number of anilines is 2. The summed E-state index contributed by atoms with van der Waals surface area (Å²) in [4.78, 5) is 20.6. The van der Waals surface area contributed by atoms with Crippen molar-refractivity contribution in [3.63, 3.8) is 0 Å². The van der Waals surface area contributed by atoms with E-state index in [-0.39, 0.29) is 45.7 Å². The van der Waals surface area contributed by atoms with Crippen molar-refractivity contribution in [1.29, 1.82) is 0 Å². The van der Waals surface area contributed by atoms with E-state index < -0.39 is 52.4 Å². The number of nitrogens with one attached hydrogen (secondary N) is 1. The molecule has 0 spiro atoms. The van der Waals surface area contributed by atoms with E-state index >= 15 is 0 Å². The van der Waals surface area contributed by atoms with Gasteiger partial charge in [-0.15, -0.1) is 0 Å². The lowest BCUT2D eigenvalue weighted by molar-refractivity contribution is -0.121. The molecule has 2 atom stereocenters. The van der Waals surface area contributed by atoms with Crippen LogP contribution in [0.3, 0.4) is 0 Å². The smallest absolute Gasteiger partial charge is 0.277 e. The maximum absolute atomic E-state index is 13.4. The maximum atomic E-state index is 13.4. The van der Waals surface area contributed by atoms with Gasteiger partial charge in [-0.05, 0) is 36.6 Å². The lowest BCUT2D eigenvalue weighted by Crippen LogP contribution is -2.16. The second kappa shape index (κ2) is 9.46. The molecule has 2 aromatic rings. The zero-order valence-electron chi connectivity index (χ0n) is 19.9. The summed E-state index contributed by atoms with van der Waals surface area (Å²) in [5.74, 6) is -5.05. The van der Waals surface area contributed by atoms with Gasteiger partial charge in [-0.3, -0.25) is 9.78 Å². The number of carbonyl (C=O) groups is 1. The highest BCUT2D eigenvalue weighted by Gasteiger charge is 2.60. The van der Waals surface area contributed by atoms with E-state index in [1.54, 1.807) is 18.2 Å². The number of ketones is 1. The molecule has 198 valence electrons. The van der Waals surface area contributed by atoms with Gasteiger partial charge in [-0.2, -0.15) is 0 Å². The van der Waals surface area contributed by atoms with Crippen LogP contribution >= 0.6 is 0 Å². The van der Waals surface area contributed by atoms with Gasteiger partial charge in [0, 0.05) is 38.0 Å². The third kappa shape index (κ3) is 5.40. The molecule has 0 amide bonds. The van der Waals surface area contributed by atoms with Gasteiger partial charge in [0.1, 0.15) is 11.5 Å². The Labute approximate surface area is 211 Å². The van der Waals surface area contributed by atoms with Crippen LogP contribution in [0.1, 0.15) is 42.1 Å². The first-order chi connectivity index (χ1) is 17.4. The van der Waals surface area contributed by atoms with E-state index in [1.807, 2.05) is 0 Å². The zero-order valence-corrected chi connectivity index (χ0v) is 20.8. The molecule has 12 heteroatoms. The molecular weight excluding hydrogens is 514 g/mol. The Morgan fingerprint density at radius 1 is 1.24 bits per heavy atom. The summed E-state index contributed by atoms with van der Waals surface area (Å²) >= 11 is 0. The van der Waals surface area contributed by atoms with Gasteiger partial charge < -0.3 is 10.1 Å². The van der Waals surface area contributed by atoms with Gasteiger partial charge in [-0.25, -0.2) is 31.0 Å². The number of aliphatic imine (C=N–C) groups is 1. The third-order valence-electron chi connectivity index (χ3n) is 6.85. The van der Waals surface area contributed by atoms with Crippen LogP contribution in [0.4, 0.5) is 34.6 Å². The number of fused-ring (bicyclic) bond motifs is 1. The van der Waals surface area contributed by atoms with Crippen LogP contribution in [0.5, 0.6) is 0 Å². The van der Waals surface area contributed by atoms with Crippen LogP contribution in [-0.2, 0) is 32.2 Å². The molecule has 2 aliphatic heterocycles. The fraction of sp³-hybridized carbons (Fsp3) is 0.480. The number of rotatable bonds is 8. The Bertz CT molecular complexity index is 1390. The Morgan fingerprint density at radius 2 is 2.00 bits per heavy atom. The number of aromatic nitrogens is 1. The average molecular weight is 540 g/mol. The summed E-state index contributed by atoms with van der Waals surface area (Å²) in [6.45, 7) is 1.14. The van der Waals surface area contributed by atoms with Gasteiger partial charge in [0.2, 0.25) is 0 Å². The average Bonchev–Trinajstić information content (AvgIpc) is 3.27. The minimum absolute atomic E-state index is 0.00689. The molecule has 1 aliphatic carbocycles. The number of ether oxygens (including phenoxy) is 1. The molecule has 1 saturated carbocycles. The minimum atomic E-state index is -3.71. The number of nitrogens with zero attached hydrogens (tertiary/aromatic N) is 2. The van der Waals surface area contributed by atoms with Crippen molar-refractivity contribution in [2.24, 2.45) is 10.9 Å². The molecule has 3 aliphatic rings. The molecule has 1 aromatic heterocycles. The fourth-order valence-corrected chi connectivity index (χ4v) is 5.65. The van der Waals surface area contributed by atoms with E-state index in [9.17, 15) is 30.8 Å². The van der Waals surface area contributed by atoms with Gasteiger partial charge in [0.15, 0.2) is 9.84 Å². The monoisotopic (exact) mass is 539 g/mol. The van der Waals surface area contributed by atoms with E-state index in [0.29, 0.717) is 13.2 Å². The first-order valence-corrected chi connectivity index (χ1v) is 13.8. The molecule has 7 nitrogen and oxygen atoms in total. The van der Waals surface area contributed by atoms with Gasteiger partial charge in [-0.1, -0.05) is 6.07 Å². The quantitative estimate of drug-likeness (QED) is 0.485. The standard InChI is InChI=1S/C25H25F4N3O4S/c1-37(34,35)22-7-13(14-3-2-6-36-12-14)4-5-17(22)31-18-8-15(9-21(33)16-11-25(16,28)29)30-19-10-20(24(26)27)32-23(18)19/h4-5,7-8,14,16,24H,2-3,6,9-12H2,1H3,(H,30,31)/t14-,16+/m0/s1. The zero-order chi connectivity index (χ0) is 26.5. The molecule has 3 heterocycles. The summed E-state index contributed by atoms with van der Waals surface area (Å²) in [5, 5.41) is 2.98. The number of sulfone groups is 1. The van der Waals surface area contributed by atoms with Gasteiger partial charge in [0.05, 0.1) is 45.9 Å². The first kappa shape index (κ1) is 25.8. The number of hydrogen-bond donors (Lipinski definition) is 1. The highest BCUT2D eigenvalue weighted by Crippen LogP contribution is 2.49. The van der Waals surface area contributed by atoms with E-state index in [0.717, 1.165) is 24.7 Å². The lowest BCUT2D eigenvalue weighted by Gasteiger charge is -2.23. The third-order valence-corrected chi connectivity index (χ3v) is 7.99. The van der Waals surface area contributed by atoms with Crippen LogP contribution in [0.15, 0.2) is 34.2 Å². The summed E-state index contributed by atoms with van der Waals surface area (Å²) in [7, 11) is -3.71. The van der Waals surface area contributed by atoms with Gasteiger partial charge >= 0.3 is 0 Å². The maximum Gasteiger partial charge on any atom is 0.277 e. The number of halogens is 4. The Balaban J connectivity index is 1.51. The highest BCUT2D eigenvalue weighted by molar-refractivity contribution is 7.90. The molecule has 0 bridgehead atoms. The van der Waals surface area contributed by atoms with E-state index in [1.165, 1.54) is 6.07 Å². The molecular formula is C25H25F4N3O4S. The molecule has 37 heavy (non-hydrogen) atoms. The van der Waals surface area contributed by atoms with Crippen LogP contribution in [0, 0.1) is 5.92 Å². The number of carbonyl (C=O) groups excluding carboxylic acids is 1. The Kier molecular flexibility index (Phi) is 6.59. The number of alkyl halides is 4. The Morgan fingerprint density at radius 3 is 2.62 bits per heavy atom. The number of benzene rings is 1. The predicted molar refractivity (Wildman–Crippen MR) is 128 cm³/mol. The van der Waals surface area contributed by atoms with Crippen molar-refractivity contribution in [2.45, 2.75) is 55.3 Å². The van der Waals surface area contributed by atoms with Crippen molar-refractivity contribution in [1.82, 2.24) is 4.98 Å². The lowest BCUT2D eigenvalue weighted by atomic mass is 9.93. The molecule has 1 N–H and O–H groups in total. The SMILES string of the molecule is CS(=O)(=O)c1cc([C@H]2CCCOC2)ccc1Nc1cc(CC(=O)[C@H]2CC2(F)F)nc2c1N=C(C(F)F)C2. The highest BCUT2D eigenvalue weighted by atomic mass is 32.2. The molecule has 0 radical (unpaired) electrons. The van der Waals surface area contributed by atoms with Crippen LogP contribution < -0.4 is 5.32 Å². The number of pyridine rings is 1. The van der Waals surface area contributed by atoms with Gasteiger partial charge in [0.25, 0.3) is 12.3 Å². The van der Waals surface area contributed by atoms with Crippen LogP contribution in [-0.4, -0.2) is 56.7 Å². The second-order valence-electron chi connectivity index (χ2n) is 9.76. The van der Waals surface area contributed by atoms with Crippen molar-refractivity contribution in [3.8, 4) is 0 Å². The molecule has 5 rings (SSSR count). The summed E-state index contributed by atoms with van der Waals surface area (Å²) in [6.07, 6.45) is -1.22. The molecule has 2 fully saturated rings. The van der Waals surface area contributed by atoms with Crippen LogP contribution in [0.2, 0.25) is 0 Å². The summed E-state index contributed by atoms with van der Waals surface area (Å²) in [6, 6.07) is 6.33. The molecule has 1 aromatic carbocycles. The topological polar surface area (TPSA) is 97.7 Å². The van der Waals surface area contributed by atoms with Crippen molar-refractivity contribution < 1.29 is 35.5 Å². The minimum Gasteiger partial charge on any atom is -0.381 e. The first-order valence-electron chi connectivity index (χ1n) is 11.9. The Hall–Kier alpha value is -2.86. The normalized spacial score (nSPS) is 22.5.